The Morgan fingerprint density at radius 1 is 1.60 bits per heavy atom. The zero-order chi connectivity index (χ0) is 7.40. The standard InChI is InChI=1S/C5H9N3.ClH.Ga/c1-2-3-4-5-7-8-6;;/h5H,1-4H2;1H;/q;;+1/p-1. The molecule has 1 atom stereocenters. The van der Waals surface area contributed by atoms with E-state index in [0.29, 0.717) is 0 Å². The average molecular weight is 216 g/mol. The zero-order valence-corrected chi connectivity index (χ0v) is 8.88. The number of rotatable bonds is 1. The Balaban J connectivity index is 2.47. The molecule has 10 heavy (non-hydrogen) atoms. The molecule has 1 unspecified atom stereocenters. The molecule has 0 aromatic heterocycles. The van der Waals surface area contributed by atoms with Crippen molar-refractivity contribution in [3.05, 3.63) is 10.4 Å². The van der Waals surface area contributed by atoms with E-state index in [9.17, 15) is 0 Å². The van der Waals surface area contributed by atoms with Gasteiger partial charge in [0.1, 0.15) is 0 Å². The molecular formula is C5H9ClGaN3. The van der Waals surface area contributed by atoms with Crippen molar-refractivity contribution in [2.24, 2.45) is 5.11 Å². The van der Waals surface area contributed by atoms with Gasteiger partial charge < -0.3 is 0 Å². The van der Waals surface area contributed by atoms with E-state index in [1.807, 2.05) is 0 Å². The SMILES string of the molecule is [N-]=[N+]=N[CH]1CCC[CH2][Ga]1[Cl]. The van der Waals surface area contributed by atoms with Crippen LogP contribution in [-0.4, -0.2) is 19.8 Å². The van der Waals surface area contributed by atoms with Gasteiger partial charge >= 0.3 is 69.2 Å². The van der Waals surface area contributed by atoms with Crippen LogP contribution in [0.4, 0.5) is 0 Å². The van der Waals surface area contributed by atoms with Gasteiger partial charge in [0.05, 0.1) is 0 Å². The number of azide groups is 1. The summed E-state index contributed by atoms with van der Waals surface area (Å²) in [6.45, 7) is 0. The predicted octanol–water partition coefficient (Wildman–Crippen LogP) is 2.62. The van der Waals surface area contributed by atoms with Crippen LogP contribution in [0, 0.1) is 0 Å². The monoisotopic (exact) mass is 215 g/mol. The Bertz CT molecular complexity index is 157. The van der Waals surface area contributed by atoms with Crippen molar-refractivity contribution < 1.29 is 0 Å². The van der Waals surface area contributed by atoms with Crippen LogP contribution < -0.4 is 0 Å². The summed E-state index contributed by atoms with van der Waals surface area (Å²) in [5, 5.41) is 3.70. The van der Waals surface area contributed by atoms with Crippen molar-refractivity contribution in [2.45, 2.75) is 28.8 Å². The first-order valence-electron chi connectivity index (χ1n) is 3.53. The van der Waals surface area contributed by atoms with Gasteiger partial charge in [0.25, 0.3) is 0 Å². The minimum atomic E-state index is -1.61. The normalized spacial score (nSPS) is 25.7. The second kappa shape index (κ2) is 4.18. The van der Waals surface area contributed by atoms with Crippen LogP contribution in [0.15, 0.2) is 5.11 Å². The summed E-state index contributed by atoms with van der Waals surface area (Å²) < 4.78 is 0.230. The second-order valence-corrected chi connectivity index (χ2v) is 10.5. The summed E-state index contributed by atoms with van der Waals surface area (Å²) in [5.41, 5.74) is 8.17. The number of halogens is 1. The third-order valence-electron chi connectivity index (χ3n) is 1.85. The molecule has 0 saturated carbocycles. The van der Waals surface area contributed by atoms with E-state index in [1.54, 1.807) is 0 Å². The molecule has 0 aromatic carbocycles. The maximum absolute atomic E-state index is 8.17. The molecule has 54 valence electrons. The van der Waals surface area contributed by atoms with Gasteiger partial charge in [-0.1, -0.05) is 0 Å². The number of nitrogens with zero attached hydrogens (tertiary/aromatic N) is 3. The van der Waals surface area contributed by atoms with Gasteiger partial charge in [-0.15, -0.1) is 0 Å². The molecule has 0 spiro atoms. The van der Waals surface area contributed by atoms with Crippen molar-refractivity contribution in [1.82, 2.24) is 0 Å². The second-order valence-electron chi connectivity index (χ2n) is 2.57. The fraction of sp³-hybridized carbons (Fsp3) is 1.00. The summed E-state index contributed by atoms with van der Waals surface area (Å²) in [6, 6.07) is 0. The van der Waals surface area contributed by atoms with Crippen LogP contribution in [-0.2, 0) is 0 Å². The van der Waals surface area contributed by atoms with E-state index in [-0.39, 0.29) is 4.60 Å². The summed E-state index contributed by atoms with van der Waals surface area (Å²) in [7, 11) is 6.08. The molecule has 1 aliphatic rings. The maximum atomic E-state index is 8.17. The van der Waals surface area contributed by atoms with Crippen molar-refractivity contribution in [3.8, 4) is 0 Å². The van der Waals surface area contributed by atoms with Crippen LogP contribution in [0.3, 0.4) is 0 Å². The van der Waals surface area contributed by atoms with Crippen LogP contribution in [0.1, 0.15) is 19.3 Å². The van der Waals surface area contributed by atoms with Gasteiger partial charge in [-0.25, -0.2) is 0 Å². The summed E-state index contributed by atoms with van der Waals surface area (Å²) in [4.78, 5) is 3.98. The van der Waals surface area contributed by atoms with Gasteiger partial charge in [-0.2, -0.15) is 0 Å². The molecule has 0 radical (unpaired) electrons. The first-order chi connectivity index (χ1) is 4.84. The van der Waals surface area contributed by atoms with Crippen LogP contribution in [0.2, 0.25) is 4.98 Å². The van der Waals surface area contributed by atoms with E-state index in [0.717, 1.165) is 6.42 Å². The quantitative estimate of drug-likeness (QED) is 0.280. The topological polar surface area (TPSA) is 48.8 Å². The Hall–Kier alpha value is 0.236. The first kappa shape index (κ1) is 8.33. The molecule has 1 aliphatic heterocycles. The Morgan fingerprint density at radius 3 is 3.00 bits per heavy atom. The molecule has 0 bridgehead atoms. The van der Waals surface area contributed by atoms with E-state index in [1.165, 1.54) is 17.8 Å². The molecule has 0 aromatic rings. The van der Waals surface area contributed by atoms with Crippen molar-refractivity contribution in [3.63, 3.8) is 0 Å². The summed E-state index contributed by atoms with van der Waals surface area (Å²) in [6.07, 6.45) is 3.49. The third-order valence-corrected chi connectivity index (χ3v) is 9.24. The average Bonchev–Trinajstić information content (AvgIpc) is 1.94. The van der Waals surface area contributed by atoms with Gasteiger partial charge in [-0.3, -0.25) is 0 Å². The Morgan fingerprint density at radius 2 is 2.40 bits per heavy atom. The van der Waals surface area contributed by atoms with Crippen LogP contribution in [0.25, 0.3) is 10.4 Å². The predicted molar refractivity (Wildman–Crippen MR) is 43.2 cm³/mol. The van der Waals surface area contributed by atoms with Crippen molar-refractivity contribution in [2.75, 3.05) is 0 Å². The number of hydrogen-bond acceptors (Lipinski definition) is 1. The Kier molecular flexibility index (Phi) is 3.49. The molecule has 3 nitrogen and oxygen atoms in total. The first-order valence-corrected chi connectivity index (χ1v) is 9.82. The zero-order valence-electron chi connectivity index (χ0n) is 5.70. The molecule has 0 aliphatic carbocycles. The molecule has 1 rings (SSSR count). The molecule has 1 saturated heterocycles. The van der Waals surface area contributed by atoms with Crippen molar-refractivity contribution >= 4 is 24.9 Å². The van der Waals surface area contributed by atoms with E-state index < -0.39 is 15.2 Å². The molecular weight excluding hydrogens is 207 g/mol. The van der Waals surface area contributed by atoms with Crippen molar-refractivity contribution in [1.29, 1.82) is 0 Å². The van der Waals surface area contributed by atoms with Gasteiger partial charge in [0.2, 0.25) is 0 Å². The molecule has 1 fully saturated rings. The fourth-order valence-electron chi connectivity index (χ4n) is 1.26. The molecule has 0 N–H and O–H groups in total. The summed E-state index contributed by atoms with van der Waals surface area (Å²) in [5.74, 6) is 0. The third kappa shape index (κ3) is 2.13. The van der Waals surface area contributed by atoms with E-state index in [4.69, 9.17) is 15.2 Å². The fourth-order valence-corrected chi connectivity index (χ4v) is 6.89. The number of hydrogen-bond donors (Lipinski definition) is 0. The minimum absolute atomic E-state index is 0.230. The molecule has 1 heterocycles. The van der Waals surface area contributed by atoms with Gasteiger partial charge in [0.15, 0.2) is 0 Å². The van der Waals surface area contributed by atoms with Crippen LogP contribution in [0.5, 0.6) is 0 Å². The Labute approximate surface area is 69.4 Å². The van der Waals surface area contributed by atoms with Gasteiger partial charge in [0, 0.05) is 0 Å². The van der Waals surface area contributed by atoms with Gasteiger partial charge in [-0.05, 0) is 0 Å². The molecule has 5 heteroatoms. The van der Waals surface area contributed by atoms with E-state index >= 15 is 0 Å². The molecule has 0 amide bonds. The summed E-state index contributed by atoms with van der Waals surface area (Å²) >= 11 is -1.61. The van der Waals surface area contributed by atoms with E-state index in [2.05, 4.69) is 10.0 Å². The van der Waals surface area contributed by atoms with Crippen LogP contribution >= 0.6 is 9.64 Å².